The number of alkyl halides is 2. The van der Waals surface area contributed by atoms with E-state index in [9.17, 15) is 9.59 Å². The van der Waals surface area contributed by atoms with Crippen LogP contribution in [0.5, 0.6) is 0 Å². The maximum Gasteiger partial charge on any atom is 0.307 e. The van der Waals surface area contributed by atoms with Crippen molar-refractivity contribution in [2.45, 2.75) is 16.1 Å². The number of fused-ring (bicyclic) bond motifs is 2. The number of aliphatic carboxylic acids is 2. The summed E-state index contributed by atoms with van der Waals surface area (Å²) in [4.78, 5) is 22.3. The summed E-state index contributed by atoms with van der Waals surface area (Å²) in [6.45, 7) is 0. The fraction of sp³-hybridized carbons (Fsp3) is 0.778. The minimum absolute atomic E-state index is 0.0687. The van der Waals surface area contributed by atoms with Gasteiger partial charge in [0.15, 0.2) is 0 Å². The molecule has 2 aliphatic rings. The van der Waals surface area contributed by atoms with Gasteiger partial charge in [-0.15, -0.1) is 0 Å². The molecule has 2 N–H and O–H groups in total. The molecule has 2 saturated carbocycles. The van der Waals surface area contributed by atoms with E-state index in [0.717, 1.165) is 0 Å². The molecule has 2 fully saturated rings. The van der Waals surface area contributed by atoms with Gasteiger partial charge in [0.2, 0.25) is 0 Å². The molecule has 84 valence electrons. The van der Waals surface area contributed by atoms with E-state index in [1.54, 1.807) is 0 Å². The van der Waals surface area contributed by atoms with Crippen LogP contribution in [0.25, 0.3) is 0 Å². The van der Waals surface area contributed by atoms with Gasteiger partial charge in [0.25, 0.3) is 0 Å². The Morgan fingerprint density at radius 3 is 1.53 bits per heavy atom. The molecule has 0 radical (unpaired) electrons. The zero-order chi connectivity index (χ0) is 11.3. The van der Waals surface area contributed by atoms with Crippen LogP contribution in [-0.4, -0.2) is 31.8 Å². The van der Waals surface area contributed by atoms with Crippen LogP contribution in [0.3, 0.4) is 0 Å². The summed E-state index contributed by atoms with van der Waals surface area (Å²) in [6, 6.07) is 0. The SMILES string of the molecule is O=C(O)[C@@H]1[C@@H]2C[C@@H]([C@@H](Br)[C@H]2Br)[C@H]1C(=O)O. The van der Waals surface area contributed by atoms with Crippen molar-refractivity contribution in [3.05, 3.63) is 0 Å². The lowest BCUT2D eigenvalue weighted by atomic mass is 9.79. The lowest BCUT2D eigenvalue weighted by Crippen LogP contribution is -2.43. The number of rotatable bonds is 2. The van der Waals surface area contributed by atoms with Gasteiger partial charge in [-0.1, -0.05) is 31.9 Å². The van der Waals surface area contributed by atoms with E-state index < -0.39 is 23.8 Å². The molecule has 15 heavy (non-hydrogen) atoms. The Kier molecular flexibility index (Phi) is 2.83. The fourth-order valence-corrected chi connectivity index (χ4v) is 4.82. The van der Waals surface area contributed by atoms with Crippen molar-refractivity contribution in [1.29, 1.82) is 0 Å². The zero-order valence-corrected chi connectivity index (χ0v) is 10.8. The molecule has 4 nitrogen and oxygen atoms in total. The van der Waals surface area contributed by atoms with Gasteiger partial charge in [0, 0.05) is 9.65 Å². The summed E-state index contributed by atoms with van der Waals surface area (Å²) >= 11 is 6.89. The van der Waals surface area contributed by atoms with Crippen LogP contribution in [-0.2, 0) is 9.59 Å². The first-order chi connectivity index (χ1) is 6.95. The van der Waals surface area contributed by atoms with Gasteiger partial charge in [0.05, 0.1) is 11.8 Å². The molecule has 0 saturated heterocycles. The summed E-state index contributed by atoms with van der Waals surface area (Å²) in [5.74, 6) is -3.61. The van der Waals surface area contributed by atoms with Crippen molar-refractivity contribution in [3.63, 3.8) is 0 Å². The van der Waals surface area contributed by atoms with E-state index in [1.807, 2.05) is 0 Å². The van der Waals surface area contributed by atoms with Crippen LogP contribution in [0.15, 0.2) is 0 Å². The van der Waals surface area contributed by atoms with Gasteiger partial charge in [0.1, 0.15) is 0 Å². The number of carbonyl (C=O) groups is 2. The summed E-state index contributed by atoms with van der Waals surface area (Å²) < 4.78 is 0. The molecule has 0 unspecified atom stereocenters. The van der Waals surface area contributed by atoms with Gasteiger partial charge < -0.3 is 10.2 Å². The van der Waals surface area contributed by atoms with Crippen molar-refractivity contribution in [2.75, 3.05) is 0 Å². The predicted octanol–water partition coefficient (Wildman–Crippen LogP) is 1.56. The molecule has 0 aromatic rings. The van der Waals surface area contributed by atoms with E-state index in [0.29, 0.717) is 6.42 Å². The number of carboxylic acid groups (broad SMARTS) is 2. The first kappa shape index (κ1) is 11.4. The minimum Gasteiger partial charge on any atom is -0.481 e. The zero-order valence-electron chi connectivity index (χ0n) is 7.64. The third-order valence-corrected chi connectivity index (χ3v) is 6.75. The predicted molar refractivity (Wildman–Crippen MR) is 59.3 cm³/mol. The lowest BCUT2D eigenvalue weighted by molar-refractivity contribution is -0.155. The molecule has 2 rings (SSSR count). The molecule has 0 heterocycles. The van der Waals surface area contributed by atoms with Crippen molar-refractivity contribution < 1.29 is 19.8 Å². The highest BCUT2D eigenvalue weighted by atomic mass is 79.9. The molecule has 2 aliphatic carbocycles. The highest BCUT2D eigenvalue weighted by Gasteiger charge is 2.61. The Labute approximate surface area is 103 Å². The Bertz CT molecular complexity index is 289. The third kappa shape index (κ3) is 1.53. The number of hydrogen-bond acceptors (Lipinski definition) is 2. The lowest BCUT2D eigenvalue weighted by Gasteiger charge is -2.31. The smallest absolute Gasteiger partial charge is 0.307 e. The van der Waals surface area contributed by atoms with E-state index in [1.165, 1.54) is 0 Å². The fourth-order valence-electron chi connectivity index (χ4n) is 2.94. The first-order valence-corrected chi connectivity index (χ1v) is 6.52. The molecule has 0 spiro atoms. The Morgan fingerprint density at radius 2 is 1.27 bits per heavy atom. The average molecular weight is 342 g/mol. The summed E-state index contributed by atoms with van der Waals surface area (Å²) in [6.07, 6.45) is 0.680. The van der Waals surface area contributed by atoms with E-state index in [2.05, 4.69) is 31.9 Å². The van der Waals surface area contributed by atoms with Crippen LogP contribution in [0.2, 0.25) is 0 Å². The van der Waals surface area contributed by atoms with Crippen molar-refractivity contribution >= 4 is 43.8 Å². The summed E-state index contributed by atoms with van der Waals surface area (Å²) in [5, 5.41) is 18.1. The van der Waals surface area contributed by atoms with Crippen LogP contribution >= 0.6 is 31.9 Å². The number of halogens is 2. The largest absolute Gasteiger partial charge is 0.481 e. The van der Waals surface area contributed by atoms with Crippen LogP contribution in [0.1, 0.15) is 6.42 Å². The second-order valence-electron chi connectivity index (χ2n) is 4.18. The van der Waals surface area contributed by atoms with E-state index in [-0.39, 0.29) is 21.5 Å². The van der Waals surface area contributed by atoms with E-state index in [4.69, 9.17) is 10.2 Å². The quantitative estimate of drug-likeness (QED) is 0.747. The summed E-state index contributed by atoms with van der Waals surface area (Å²) in [7, 11) is 0. The molecule has 2 bridgehead atoms. The highest BCUT2D eigenvalue weighted by Crippen LogP contribution is 2.57. The molecule has 0 aliphatic heterocycles. The second kappa shape index (κ2) is 3.73. The first-order valence-electron chi connectivity index (χ1n) is 4.69. The van der Waals surface area contributed by atoms with Crippen LogP contribution in [0, 0.1) is 23.7 Å². The Balaban J connectivity index is 2.32. The summed E-state index contributed by atoms with van der Waals surface area (Å²) in [5.41, 5.74) is 0. The highest BCUT2D eigenvalue weighted by molar-refractivity contribution is 9.12. The van der Waals surface area contributed by atoms with Crippen molar-refractivity contribution in [1.82, 2.24) is 0 Å². The number of carboxylic acids is 2. The molecular weight excluding hydrogens is 332 g/mol. The average Bonchev–Trinajstić information content (AvgIpc) is 2.64. The van der Waals surface area contributed by atoms with Gasteiger partial charge >= 0.3 is 11.9 Å². The van der Waals surface area contributed by atoms with Crippen LogP contribution < -0.4 is 0 Å². The van der Waals surface area contributed by atoms with Gasteiger partial charge in [-0.2, -0.15) is 0 Å². The van der Waals surface area contributed by atoms with Crippen molar-refractivity contribution in [3.8, 4) is 0 Å². The third-order valence-electron chi connectivity index (χ3n) is 3.55. The maximum atomic E-state index is 11.1. The maximum absolute atomic E-state index is 11.1. The van der Waals surface area contributed by atoms with Gasteiger partial charge in [-0.25, -0.2) is 0 Å². The molecule has 6 heteroatoms. The standard InChI is InChI=1S/C9H10Br2O4/c10-6-2-1-3(7(6)11)5(9(14)15)4(2)8(12)13/h2-7H,1H2,(H,12,13)(H,14,15)/t2-,3+,4-,5-,6-,7+/m1/s1. The van der Waals surface area contributed by atoms with E-state index >= 15 is 0 Å². The van der Waals surface area contributed by atoms with Gasteiger partial charge in [-0.05, 0) is 18.3 Å². The monoisotopic (exact) mass is 340 g/mol. The minimum atomic E-state index is -0.987. The second-order valence-corrected chi connectivity index (χ2v) is 6.29. The normalized spacial score (nSPS) is 48.1. The molecule has 0 aromatic carbocycles. The van der Waals surface area contributed by atoms with Crippen LogP contribution in [0.4, 0.5) is 0 Å². The molecule has 6 atom stereocenters. The molecule has 0 aromatic heterocycles. The Morgan fingerprint density at radius 1 is 0.933 bits per heavy atom. The number of hydrogen-bond donors (Lipinski definition) is 2. The molecule has 0 amide bonds. The van der Waals surface area contributed by atoms with Gasteiger partial charge in [-0.3, -0.25) is 9.59 Å². The molecular formula is C9H10Br2O4. The van der Waals surface area contributed by atoms with Crippen molar-refractivity contribution in [2.24, 2.45) is 23.7 Å². The topological polar surface area (TPSA) is 74.6 Å². The Hall–Kier alpha value is -0.100.